The molecule has 78 valence electrons. The zero-order valence-electron chi connectivity index (χ0n) is 8.73. The van der Waals surface area contributed by atoms with Crippen LogP contribution in [-0.2, 0) is 6.42 Å². The Kier molecular flexibility index (Phi) is 3.35. The van der Waals surface area contributed by atoms with Gasteiger partial charge in [-0.2, -0.15) is 11.3 Å². The van der Waals surface area contributed by atoms with Gasteiger partial charge in [0.2, 0.25) is 0 Å². The van der Waals surface area contributed by atoms with Crippen LogP contribution < -0.4 is 5.32 Å². The fourth-order valence-corrected chi connectivity index (χ4v) is 2.11. The first-order valence-corrected chi connectivity index (χ1v) is 5.97. The van der Waals surface area contributed by atoms with Crippen LogP contribution in [0.4, 0.5) is 5.82 Å². The molecule has 0 bridgehead atoms. The molecule has 0 amide bonds. The van der Waals surface area contributed by atoms with Crippen LogP contribution in [0.3, 0.4) is 0 Å². The molecule has 1 N–H and O–H groups in total. The smallest absolute Gasteiger partial charge is 0.126 e. The number of aryl methyl sites for hydroxylation is 1. The Labute approximate surface area is 94.0 Å². The van der Waals surface area contributed by atoms with Crippen molar-refractivity contribution < 1.29 is 0 Å². The summed E-state index contributed by atoms with van der Waals surface area (Å²) in [4.78, 5) is 4.38. The number of hydrogen-bond acceptors (Lipinski definition) is 3. The van der Waals surface area contributed by atoms with Crippen LogP contribution in [0.15, 0.2) is 35.0 Å². The van der Waals surface area contributed by atoms with E-state index in [1.165, 1.54) is 5.56 Å². The third-order valence-electron chi connectivity index (χ3n) is 2.19. The van der Waals surface area contributed by atoms with Crippen molar-refractivity contribution >= 4 is 17.2 Å². The van der Waals surface area contributed by atoms with Crippen molar-refractivity contribution in [2.75, 3.05) is 11.9 Å². The van der Waals surface area contributed by atoms with E-state index in [2.05, 4.69) is 27.1 Å². The Morgan fingerprint density at radius 2 is 2.27 bits per heavy atom. The van der Waals surface area contributed by atoms with Gasteiger partial charge in [0.05, 0.1) is 0 Å². The molecule has 0 aliphatic rings. The maximum atomic E-state index is 4.38. The van der Waals surface area contributed by atoms with Crippen molar-refractivity contribution in [3.63, 3.8) is 0 Å². The minimum absolute atomic E-state index is 0.938. The summed E-state index contributed by atoms with van der Waals surface area (Å²) in [5.41, 5.74) is 2.44. The van der Waals surface area contributed by atoms with Crippen molar-refractivity contribution in [3.05, 3.63) is 46.3 Å². The van der Waals surface area contributed by atoms with Gasteiger partial charge in [0, 0.05) is 12.2 Å². The Hall–Kier alpha value is -1.35. The van der Waals surface area contributed by atoms with Crippen LogP contribution in [0.25, 0.3) is 0 Å². The molecule has 2 aromatic rings. The van der Waals surface area contributed by atoms with Crippen LogP contribution in [0.5, 0.6) is 0 Å². The summed E-state index contributed by atoms with van der Waals surface area (Å²) in [5, 5.41) is 7.61. The summed E-state index contributed by atoms with van der Waals surface area (Å²) in [6, 6.07) is 8.19. The second-order valence-electron chi connectivity index (χ2n) is 3.47. The predicted octanol–water partition coefficient (Wildman–Crippen LogP) is 3.11. The third kappa shape index (κ3) is 3.06. The molecule has 2 heterocycles. The minimum Gasteiger partial charge on any atom is -0.370 e. The molecule has 0 aromatic carbocycles. The quantitative estimate of drug-likeness (QED) is 0.853. The number of aromatic nitrogens is 1. The molecule has 0 atom stereocenters. The van der Waals surface area contributed by atoms with Crippen molar-refractivity contribution in [1.82, 2.24) is 4.98 Å². The van der Waals surface area contributed by atoms with E-state index in [-0.39, 0.29) is 0 Å². The number of anilines is 1. The normalized spacial score (nSPS) is 10.2. The van der Waals surface area contributed by atoms with Crippen molar-refractivity contribution in [3.8, 4) is 0 Å². The lowest BCUT2D eigenvalue weighted by Crippen LogP contribution is -2.05. The second-order valence-corrected chi connectivity index (χ2v) is 4.25. The van der Waals surface area contributed by atoms with Crippen LogP contribution in [-0.4, -0.2) is 11.5 Å². The van der Waals surface area contributed by atoms with Crippen molar-refractivity contribution in [2.45, 2.75) is 13.3 Å². The van der Waals surface area contributed by atoms with Gasteiger partial charge in [0.25, 0.3) is 0 Å². The summed E-state index contributed by atoms with van der Waals surface area (Å²) in [6.45, 7) is 2.94. The van der Waals surface area contributed by atoms with E-state index in [0.29, 0.717) is 0 Å². The lowest BCUT2D eigenvalue weighted by Gasteiger charge is -2.04. The molecule has 2 aromatic heterocycles. The SMILES string of the molecule is Cc1cccc(NCCc2ccsc2)n1. The van der Waals surface area contributed by atoms with Crippen LogP contribution in [0.2, 0.25) is 0 Å². The zero-order valence-corrected chi connectivity index (χ0v) is 9.55. The van der Waals surface area contributed by atoms with Crippen LogP contribution >= 0.6 is 11.3 Å². The van der Waals surface area contributed by atoms with E-state index >= 15 is 0 Å². The summed E-state index contributed by atoms with van der Waals surface area (Å²) in [5.74, 6) is 0.963. The lowest BCUT2D eigenvalue weighted by atomic mass is 10.2. The molecule has 0 unspecified atom stereocenters. The van der Waals surface area contributed by atoms with Gasteiger partial charge in [0.15, 0.2) is 0 Å². The lowest BCUT2D eigenvalue weighted by molar-refractivity contribution is 1.01. The summed E-state index contributed by atoms with van der Waals surface area (Å²) in [7, 11) is 0. The zero-order chi connectivity index (χ0) is 10.5. The molecular formula is C12H14N2S. The van der Waals surface area contributed by atoms with Gasteiger partial charge in [-0.05, 0) is 47.9 Å². The molecule has 2 nitrogen and oxygen atoms in total. The molecule has 0 fully saturated rings. The molecule has 2 rings (SSSR count). The standard InChI is InChI=1S/C12H14N2S/c1-10-3-2-4-12(14-10)13-7-5-11-6-8-15-9-11/h2-4,6,8-9H,5,7H2,1H3,(H,13,14). The molecule has 15 heavy (non-hydrogen) atoms. The Bertz CT molecular complexity index is 409. The van der Waals surface area contributed by atoms with Crippen LogP contribution in [0.1, 0.15) is 11.3 Å². The van der Waals surface area contributed by atoms with Crippen molar-refractivity contribution in [2.24, 2.45) is 0 Å². The minimum atomic E-state index is 0.938. The summed E-state index contributed by atoms with van der Waals surface area (Å²) in [6.07, 6.45) is 1.05. The highest BCUT2D eigenvalue weighted by Crippen LogP contribution is 2.08. The molecular weight excluding hydrogens is 204 g/mol. The highest BCUT2D eigenvalue weighted by molar-refractivity contribution is 7.07. The number of nitrogens with zero attached hydrogens (tertiary/aromatic N) is 1. The highest BCUT2D eigenvalue weighted by Gasteiger charge is 1.95. The van der Waals surface area contributed by atoms with Gasteiger partial charge in [-0.3, -0.25) is 0 Å². The first-order valence-electron chi connectivity index (χ1n) is 5.03. The molecule has 0 saturated heterocycles. The van der Waals surface area contributed by atoms with Crippen molar-refractivity contribution in [1.29, 1.82) is 0 Å². The van der Waals surface area contributed by atoms with E-state index in [4.69, 9.17) is 0 Å². The van der Waals surface area contributed by atoms with Gasteiger partial charge in [-0.1, -0.05) is 6.07 Å². The summed E-state index contributed by atoms with van der Waals surface area (Å²) >= 11 is 1.74. The molecule has 0 aliphatic carbocycles. The number of thiophene rings is 1. The molecule has 0 aliphatic heterocycles. The van der Waals surface area contributed by atoms with E-state index in [1.54, 1.807) is 11.3 Å². The topological polar surface area (TPSA) is 24.9 Å². The van der Waals surface area contributed by atoms with Gasteiger partial charge in [-0.15, -0.1) is 0 Å². The van der Waals surface area contributed by atoms with Gasteiger partial charge < -0.3 is 5.32 Å². The Morgan fingerprint density at radius 3 is 3.00 bits per heavy atom. The number of rotatable bonds is 4. The highest BCUT2D eigenvalue weighted by atomic mass is 32.1. The number of pyridine rings is 1. The molecule has 3 heteroatoms. The van der Waals surface area contributed by atoms with E-state index < -0.39 is 0 Å². The average Bonchev–Trinajstić information content (AvgIpc) is 2.71. The molecule has 0 spiro atoms. The number of hydrogen-bond donors (Lipinski definition) is 1. The second kappa shape index (κ2) is 4.94. The first-order chi connectivity index (χ1) is 7.34. The first kappa shape index (κ1) is 10.2. The average molecular weight is 218 g/mol. The third-order valence-corrected chi connectivity index (χ3v) is 2.92. The fourth-order valence-electron chi connectivity index (χ4n) is 1.41. The maximum Gasteiger partial charge on any atom is 0.126 e. The largest absolute Gasteiger partial charge is 0.370 e. The van der Waals surface area contributed by atoms with E-state index in [1.807, 2.05) is 25.1 Å². The predicted molar refractivity (Wildman–Crippen MR) is 65.5 cm³/mol. The van der Waals surface area contributed by atoms with Gasteiger partial charge >= 0.3 is 0 Å². The number of nitrogens with one attached hydrogen (secondary N) is 1. The maximum absolute atomic E-state index is 4.38. The van der Waals surface area contributed by atoms with Gasteiger partial charge in [-0.25, -0.2) is 4.98 Å². The monoisotopic (exact) mass is 218 g/mol. The molecule has 0 saturated carbocycles. The Morgan fingerprint density at radius 1 is 1.33 bits per heavy atom. The van der Waals surface area contributed by atoms with Gasteiger partial charge in [0.1, 0.15) is 5.82 Å². The summed E-state index contributed by atoms with van der Waals surface area (Å²) < 4.78 is 0. The fraction of sp³-hybridized carbons (Fsp3) is 0.250. The Balaban J connectivity index is 1.83. The van der Waals surface area contributed by atoms with E-state index in [9.17, 15) is 0 Å². The molecule has 0 radical (unpaired) electrons. The van der Waals surface area contributed by atoms with Crippen LogP contribution in [0, 0.1) is 6.92 Å². The van der Waals surface area contributed by atoms with E-state index in [0.717, 1.165) is 24.5 Å².